The highest BCUT2D eigenvalue weighted by atomic mass is 16.2. The number of urea groups is 1. The summed E-state index contributed by atoms with van der Waals surface area (Å²) in [7, 11) is 0. The number of nitrogens with one attached hydrogen (secondary N) is 2. The van der Waals surface area contributed by atoms with Crippen molar-refractivity contribution in [3.63, 3.8) is 0 Å². The molecule has 1 aliphatic rings. The lowest BCUT2D eigenvalue weighted by atomic mass is 9.92. The normalized spacial score (nSPS) is 17.9. The summed E-state index contributed by atoms with van der Waals surface area (Å²) < 4.78 is 0. The number of rotatable bonds is 3. The Bertz CT molecular complexity index is 395. The van der Waals surface area contributed by atoms with E-state index in [1.54, 1.807) is 0 Å². The monoisotopic (exact) mass is 288 g/mol. The summed E-state index contributed by atoms with van der Waals surface area (Å²) in [5.74, 6) is 0.643. The highest BCUT2D eigenvalue weighted by Gasteiger charge is 2.11. The van der Waals surface area contributed by atoms with Crippen molar-refractivity contribution in [1.29, 1.82) is 0 Å². The van der Waals surface area contributed by atoms with Gasteiger partial charge in [0.25, 0.3) is 0 Å². The molecule has 0 aliphatic heterocycles. The Labute approximate surface area is 128 Å². The first kappa shape index (κ1) is 15.9. The molecule has 0 radical (unpaired) electrons. The number of hydrogen-bond acceptors (Lipinski definition) is 1. The van der Waals surface area contributed by atoms with Crippen LogP contribution in [0, 0.1) is 5.92 Å². The second-order valence-corrected chi connectivity index (χ2v) is 6.12. The molecule has 0 aromatic heterocycles. The summed E-state index contributed by atoms with van der Waals surface area (Å²) in [6.45, 7) is 0.804. The predicted octanol–water partition coefficient (Wildman–Crippen LogP) is 4.95. The van der Waals surface area contributed by atoms with E-state index in [0.29, 0.717) is 5.92 Å². The van der Waals surface area contributed by atoms with Crippen LogP contribution in [0.1, 0.15) is 57.8 Å². The third kappa shape index (κ3) is 6.65. The molecule has 2 amide bonds. The quantitative estimate of drug-likeness (QED) is 0.812. The highest BCUT2D eigenvalue weighted by Crippen LogP contribution is 2.21. The Balaban J connectivity index is 1.70. The van der Waals surface area contributed by atoms with Crippen molar-refractivity contribution in [2.24, 2.45) is 5.92 Å². The largest absolute Gasteiger partial charge is 0.338 e. The average molecular weight is 288 g/mol. The first-order valence-corrected chi connectivity index (χ1v) is 8.44. The van der Waals surface area contributed by atoms with Crippen LogP contribution in [0.15, 0.2) is 30.3 Å². The van der Waals surface area contributed by atoms with E-state index in [2.05, 4.69) is 10.6 Å². The minimum atomic E-state index is -0.0849. The minimum Gasteiger partial charge on any atom is -0.338 e. The average Bonchev–Trinajstić information content (AvgIpc) is 2.52. The first-order valence-electron chi connectivity index (χ1n) is 8.44. The molecule has 0 spiro atoms. The molecule has 1 saturated carbocycles. The summed E-state index contributed by atoms with van der Waals surface area (Å²) in [5, 5.41) is 5.92. The summed E-state index contributed by atoms with van der Waals surface area (Å²) >= 11 is 0. The summed E-state index contributed by atoms with van der Waals surface area (Å²) in [6, 6.07) is 9.53. The zero-order valence-electron chi connectivity index (χ0n) is 12.9. The van der Waals surface area contributed by atoms with Crippen molar-refractivity contribution in [2.75, 3.05) is 11.9 Å². The number of benzene rings is 1. The van der Waals surface area contributed by atoms with Gasteiger partial charge < -0.3 is 10.6 Å². The third-order valence-electron chi connectivity index (χ3n) is 4.31. The van der Waals surface area contributed by atoms with Crippen molar-refractivity contribution in [3.05, 3.63) is 30.3 Å². The van der Waals surface area contributed by atoms with Crippen LogP contribution in [0.4, 0.5) is 10.5 Å². The van der Waals surface area contributed by atoms with Gasteiger partial charge in [-0.2, -0.15) is 0 Å². The van der Waals surface area contributed by atoms with Gasteiger partial charge >= 0.3 is 6.03 Å². The van der Waals surface area contributed by atoms with Gasteiger partial charge in [-0.05, 0) is 30.9 Å². The Morgan fingerprint density at radius 2 is 1.48 bits per heavy atom. The van der Waals surface area contributed by atoms with Gasteiger partial charge in [-0.3, -0.25) is 0 Å². The van der Waals surface area contributed by atoms with E-state index >= 15 is 0 Å². The van der Waals surface area contributed by atoms with Gasteiger partial charge in [-0.1, -0.05) is 63.1 Å². The van der Waals surface area contributed by atoms with Crippen molar-refractivity contribution < 1.29 is 4.79 Å². The maximum atomic E-state index is 11.9. The van der Waals surface area contributed by atoms with Crippen molar-refractivity contribution >= 4 is 11.7 Å². The number of anilines is 1. The van der Waals surface area contributed by atoms with Crippen LogP contribution in [0.5, 0.6) is 0 Å². The molecule has 0 atom stereocenters. The standard InChI is InChI=1S/C18H28N2O/c21-18(20-17-13-9-6-10-14-17)19-15-16-11-7-4-2-1-3-5-8-12-16/h6,9-10,13-14,16H,1-5,7-8,11-12,15H2,(H2,19,20,21). The Morgan fingerprint density at radius 1 is 0.905 bits per heavy atom. The zero-order valence-corrected chi connectivity index (χ0v) is 12.9. The summed E-state index contributed by atoms with van der Waals surface area (Å²) in [6.07, 6.45) is 12.0. The molecule has 1 aromatic carbocycles. The van der Waals surface area contributed by atoms with Gasteiger partial charge in [-0.25, -0.2) is 4.79 Å². The molecular formula is C18H28N2O. The molecule has 0 unspecified atom stereocenters. The van der Waals surface area contributed by atoms with Crippen LogP contribution in [0.3, 0.4) is 0 Å². The lowest BCUT2D eigenvalue weighted by Crippen LogP contribution is -2.33. The molecule has 2 N–H and O–H groups in total. The molecule has 1 aromatic rings. The van der Waals surface area contributed by atoms with Gasteiger partial charge in [0.15, 0.2) is 0 Å². The molecule has 0 saturated heterocycles. The molecule has 0 bridgehead atoms. The van der Waals surface area contributed by atoms with Crippen molar-refractivity contribution in [2.45, 2.75) is 57.8 Å². The second kappa shape index (κ2) is 9.43. The van der Waals surface area contributed by atoms with E-state index in [9.17, 15) is 4.79 Å². The van der Waals surface area contributed by atoms with E-state index < -0.39 is 0 Å². The van der Waals surface area contributed by atoms with Crippen molar-refractivity contribution in [3.8, 4) is 0 Å². The lowest BCUT2D eigenvalue weighted by molar-refractivity contribution is 0.248. The van der Waals surface area contributed by atoms with E-state index in [1.165, 1.54) is 57.8 Å². The van der Waals surface area contributed by atoms with Gasteiger partial charge in [0.1, 0.15) is 0 Å². The second-order valence-electron chi connectivity index (χ2n) is 6.12. The molecule has 21 heavy (non-hydrogen) atoms. The third-order valence-corrected chi connectivity index (χ3v) is 4.31. The van der Waals surface area contributed by atoms with E-state index in [0.717, 1.165) is 12.2 Å². The highest BCUT2D eigenvalue weighted by molar-refractivity contribution is 5.89. The van der Waals surface area contributed by atoms with Gasteiger partial charge in [0, 0.05) is 12.2 Å². The number of carbonyl (C=O) groups is 1. The molecule has 1 fully saturated rings. The van der Waals surface area contributed by atoms with Crippen molar-refractivity contribution in [1.82, 2.24) is 5.32 Å². The Kier molecular flexibility index (Phi) is 7.13. The Hall–Kier alpha value is -1.51. The smallest absolute Gasteiger partial charge is 0.319 e. The lowest BCUT2D eigenvalue weighted by Gasteiger charge is -2.19. The fraction of sp³-hybridized carbons (Fsp3) is 0.611. The summed E-state index contributed by atoms with van der Waals surface area (Å²) in [5.41, 5.74) is 0.848. The molecule has 1 aliphatic carbocycles. The number of carbonyl (C=O) groups excluding carboxylic acids is 1. The molecule has 116 valence electrons. The van der Waals surface area contributed by atoms with Crippen LogP contribution in [-0.4, -0.2) is 12.6 Å². The maximum Gasteiger partial charge on any atom is 0.319 e. The molecule has 3 nitrogen and oxygen atoms in total. The molecule has 3 heteroatoms. The maximum absolute atomic E-state index is 11.9. The van der Waals surface area contributed by atoms with Gasteiger partial charge in [0.2, 0.25) is 0 Å². The van der Waals surface area contributed by atoms with Crippen LogP contribution < -0.4 is 10.6 Å². The molecule has 2 rings (SSSR count). The van der Waals surface area contributed by atoms with Gasteiger partial charge in [-0.15, -0.1) is 0 Å². The SMILES string of the molecule is O=C(NCC1CCCCCCCCC1)Nc1ccccc1. The Morgan fingerprint density at radius 3 is 2.10 bits per heavy atom. The van der Waals surface area contributed by atoms with E-state index in [-0.39, 0.29) is 6.03 Å². The van der Waals surface area contributed by atoms with Crippen LogP contribution in [0.2, 0.25) is 0 Å². The van der Waals surface area contributed by atoms with Crippen LogP contribution in [-0.2, 0) is 0 Å². The number of hydrogen-bond donors (Lipinski definition) is 2. The predicted molar refractivity (Wildman–Crippen MR) is 88.5 cm³/mol. The minimum absolute atomic E-state index is 0.0849. The molecule has 0 heterocycles. The number of amides is 2. The zero-order chi connectivity index (χ0) is 14.8. The van der Waals surface area contributed by atoms with E-state index in [4.69, 9.17) is 0 Å². The topological polar surface area (TPSA) is 41.1 Å². The molecular weight excluding hydrogens is 260 g/mol. The van der Waals surface area contributed by atoms with E-state index in [1.807, 2.05) is 30.3 Å². The fourth-order valence-electron chi connectivity index (χ4n) is 3.03. The van der Waals surface area contributed by atoms with Crippen LogP contribution >= 0.6 is 0 Å². The fourth-order valence-corrected chi connectivity index (χ4v) is 3.03. The number of para-hydroxylation sites is 1. The van der Waals surface area contributed by atoms with Gasteiger partial charge in [0.05, 0.1) is 0 Å². The van der Waals surface area contributed by atoms with Crippen LogP contribution in [0.25, 0.3) is 0 Å². The summed E-state index contributed by atoms with van der Waals surface area (Å²) in [4.78, 5) is 11.9. The first-order chi connectivity index (χ1) is 10.3.